The van der Waals surface area contributed by atoms with Crippen LogP contribution in [0.4, 0.5) is 0 Å². The summed E-state index contributed by atoms with van der Waals surface area (Å²) in [5.74, 6) is 2.57. The summed E-state index contributed by atoms with van der Waals surface area (Å²) in [6.45, 7) is 22.7. The number of hydrogen-bond donors (Lipinski definition) is 0. The van der Waals surface area contributed by atoms with Gasteiger partial charge in [-0.25, -0.2) is 0 Å². The monoisotopic (exact) mass is 824 g/mol. The second-order valence-electron chi connectivity index (χ2n) is 14.9. The molecule has 2 atom stereocenters. The van der Waals surface area contributed by atoms with Gasteiger partial charge in [-0.2, -0.15) is 12.1 Å². The van der Waals surface area contributed by atoms with Crippen LogP contribution in [-0.2, 0) is 33.7 Å². The van der Waals surface area contributed by atoms with Crippen molar-refractivity contribution in [2.75, 3.05) is 0 Å². The summed E-state index contributed by atoms with van der Waals surface area (Å²) >= 11 is -0.826. The standard InChI is InChI=1S/2C23H27.C2H6Si.2ClH.Zr/c2*1-5-17(4)20-10-6-7-11-21(20)22-12-8-9-19-14-18(13-16(2)3)15-23(19)22;1-3-2;;;/h2*6-12,14-17H,5,13H2,1-4H3;1-2H3;2*1H;/q2*-1;;;;+4/p-2. The topological polar surface area (TPSA) is 0 Å². The van der Waals surface area contributed by atoms with Gasteiger partial charge in [0.15, 0.2) is 0 Å². The molecule has 6 rings (SSSR count). The van der Waals surface area contributed by atoms with Crippen LogP contribution in [0.5, 0.6) is 0 Å². The van der Waals surface area contributed by atoms with E-state index < -0.39 is 20.8 Å². The van der Waals surface area contributed by atoms with Crippen molar-refractivity contribution in [3.8, 4) is 22.3 Å². The fourth-order valence-electron chi connectivity index (χ4n) is 7.03. The zero-order chi connectivity index (χ0) is 38.2. The summed E-state index contributed by atoms with van der Waals surface area (Å²) in [7, 11) is 11.0. The van der Waals surface area contributed by atoms with E-state index in [1.807, 2.05) is 0 Å². The van der Waals surface area contributed by atoms with E-state index in [9.17, 15) is 0 Å². The first-order valence-electron chi connectivity index (χ1n) is 19.1. The fourth-order valence-corrected chi connectivity index (χ4v) is 7.03. The van der Waals surface area contributed by atoms with Gasteiger partial charge in [0.05, 0.1) is 0 Å². The Labute approximate surface area is 338 Å². The number of hydrogen-bond acceptors (Lipinski definition) is 0. The molecule has 2 radical (unpaired) electrons. The Balaban J connectivity index is 0.000000244. The minimum atomic E-state index is -0.826. The van der Waals surface area contributed by atoms with E-state index in [1.54, 1.807) is 0 Å². The molecule has 0 heterocycles. The number of halogens is 2. The van der Waals surface area contributed by atoms with Gasteiger partial charge in [0.25, 0.3) is 0 Å². The minimum absolute atomic E-state index is 0.589. The molecule has 0 aromatic heterocycles. The third-order valence-corrected chi connectivity index (χ3v) is 9.70. The predicted octanol–water partition coefficient (Wildman–Crippen LogP) is 16.0. The maximum absolute atomic E-state index is 4.93. The van der Waals surface area contributed by atoms with E-state index in [1.165, 1.54) is 78.9 Å². The van der Waals surface area contributed by atoms with Crippen LogP contribution >= 0.6 is 17.0 Å². The molecule has 0 nitrogen and oxygen atoms in total. The molecule has 0 fully saturated rings. The third-order valence-electron chi connectivity index (χ3n) is 9.70. The van der Waals surface area contributed by atoms with E-state index >= 15 is 0 Å². The second kappa shape index (κ2) is 22.9. The van der Waals surface area contributed by atoms with Gasteiger partial charge in [-0.15, -0.1) is 69.1 Å². The van der Waals surface area contributed by atoms with Crippen molar-refractivity contribution in [2.24, 2.45) is 11.8 Å². The molecule has 0 spiro atoms. The van der Waals surface area contributed by atoms with Crippen LogP contribution in [0, 0.1) is 11.8 Å². The molecule has 0 amide bonds. The van der Waals surface area contributed by atoms with Gasteiger partial charge in [-0.1, -0.05) is 140 Å². The normalized spacial score (nSPS) is 12.0. The van der Waals surface area contributed by atoms with Crippen molar-refractivity contribution >= 4 is 48.1 Å². The van der Waals surface area contributed by atoms with Crippen molar-refractivity contribution in [3.63, 3.8) is 0 Å². The second-order valence-corrected chi connectivity index (χ2v) is 19.6. The Morgan fingerprint density at radius 2 is 0.865 bits per heavy atom. The Morgan fingerprint density at radius 3 is 1.19 bits per heavy atom. The Hall–Kier alpha value is -2.22. The molecule has 6 aromatic rings. The summed E-state index contributed by atoms with van der Waals surface area (Å²) in [5.41, 5.74) is 11.4. The summed E-state index contributed by atoms with van der Waals surface area (Å²) in [4.78, 5) is 0. The SMILES string of the molecule is CCC(C)c1ccccc1-c1cccc2[cH-]c(CC(C)C)cc12.CCC(C)c1ccccc1-c1cccc2[cH-]c(CC(C)C)cc12.C[Si]C.[Cl][Zr+2][Cl]. The van der Waals surface area contributed by atoms with Crippen LogP contribution in [-0.4, -0.2) is 9.52 Å². The molecule has 274 valence electrons. The quantitative estimate of drug-likeness (QED) is 0.0953. The Kier molecular flexibility index (Phi) is 19.4. The van der Waals surface area contributed by atoms with Crippen LogP contribution in [0.2, 0.25) is 13.1 Å². The molecule has 0 aliphatic rings. The Morgan fingerprint density at radius 1 is 0.538 bits per heavy atom. The van der Waals surface area contributed by atoms with Crippen molar-refractivity contribution < 1.29 is 20.8 Å². The zero-order valence-corrected chi connectivity index (χ0v) is 38.3. The molecule has 0 aliphatic carbocycles. The summed E-state index contributed by atoms with van der Waals surface area (Å²) in [5, 5.41) is 5.55. The molecular weight excluding hydrogens is 767 g/mol. The van der Waals surface area contributed by atoms with Crippen LogP contribution in [0.3, 0.4) is 0 Å². The maximum atomic E-state index is 4.93. The number of rotatable bonds is 10. The molecule has 2 unspecified atom stereocenters. The molecule has 0 aliphatic heterocycles. The molecule has 4 heteroatoms. The van der Waals surface area contributed by atoms with E-state index in [-0.39, 0.29) is 0 Å². The van der Waals surface area contributed by atoms with Gasteiger partial charge < -0.3 is 0 Å². The van der Waals surface area contributed by atoms with Crippen molar-refractivity contribution in [1.29, 1.82) is 0 Å². The summed E-state index contributed by atoms with van der Waals surface area (Å²) in [6, 6.07) is 40.8. The molecule has 0 N–H and O–H groups in total. The number of fused-ring (bicyclic) bond motifs is 2. The van der Waals surface area contributed by atoms with E-state index in [2.05, 4.69) is 178 Å². The van der Waals surface area contributed by atoms with Crippen LogP contribution in [0.15, 0.2) is 109 Å². The van der Waals surface area contributed by atoms with Crippen LogP contribution in [0.25, 0.3) is 43.8 Å². The first-order valence-corrected chi connectivity index (χ1v) is 27.5. The van der Waals surface area contributed by atoms with E-state index in [4.69, 9.17) is 17.0 Å². The third kappa shape index (κ3) is 12.4. The van der Waals surface area contributed by atoms with E-state index in [0.29, 0.717) is 23.7 Å². The van der Waals surface area contributed by atoms with Crippen LogP contribution < -0.4 is 0 Å². The average molecular weight is 827 g/mol. The van der Waals surface area contributed by atoms with Crippen molar-refractivity contribution in [2.45, 2.75) is 106 Å². The van der Waals surface area contributed by atoms with Gasteiger partial charge in [-0.05, 0) is 71.6 Å². The van der Waals surface area contributed by atoms with Crippen molar-refractivity contribution in [3.05, 3.63) is 131 Å². The molecule has 6 aromatic carbocycles. The van der Waals surface area contributed by atoms with Gasteiger partial charge >= 0.3 is 37.9 Å². The zero-order valence-electron chi connectivity index (χ0n) is 33.3. The first-order chi connectivity index (χ1) is 25.0. The van der Waals surface area contributed by atoms with Gasteiger partial charge in [0, 0.05) is 9.52 Å². The Bertz CT molecular complexity index is 1770. The predicted molar refractivity (Wildman–Crippen MR) is 234 cm³/mol. The average Bonchev–Trinajstić information content (AvgIpc) is 3.74. The molecule has 0 bridgehead atoms. The first kappa shape index (κ1) is 44.2. The number of benzene rings is 4. The van der Waals surface area contributed by atoms with E-state index in [0.717, 1.165) is 22.4 Å². The van der Waals surface area contributed by atoms with Crippen molar-refractivity contribution in [1.82, 2.24) is 0 Å². The molecule has 0 saturated carbocycles. The van der Waals surface area contributed by atoms with Crippen LogP contribution in [0.1, 0.15) is 102 Å². The van der Waals surface area contributed by atoms with Gasteiger partial charge in [0.2, 0.25) is 0 Å². The molecule has 52 heavy (non-hydrogen) atoms. The van der Waals surface area contributed by atoms with Gasteiger partial charge in [0.1, 0.15) is 0 Å². The summed E-state index contributed by atoms with van der Waals surface area (Å²) in [6.07, 6.45) is 4.65. The molecular formula is C48H60Cl2SiZr. The summed E-state index contributed by atoms with van der Waals surface area (Å²) < 4.78 is 0. The molecule has 0 saturated heterocycles. The van der Waals surface area contributed by atoms with Gasteiger partial charge in [-0.3, -0.25) is 0 Å². The fraction of sp³-hybridized carbons (Fsp3) is 0.375.